The predicted molar refractivity (Wildman–Crippen MR) is 165 cm³/mol. The van der Waals surface area contributed by atoms with E-state index in [4.69, 9.17) is 14.2 Å². The zero-order valence-corrected chi connectivity index (χ0v) is 25.7. The van der Waals surface area contributed by atoms with Crippen LogP contribution in [0.2, 0.25) is 0 Å². The first-order chi connectivity index (χ1) is 19.9. The molecule has 0 unspecified atom stereocenters. The van der Waals surface area contributed by atoms with Gasteiger partial charge in [0.25, 0.3) is 0 Å². The zero-order valence-electron chi connectivity index (χ0n) is 25.7. The van der Waals surface area contributed by atoms with Crippen LogP contribution in [-0.2, 0) is 30.8 Å². The van der Waals surface area contributed by atoms with Gasteiger partial charge < -0.3 is 33.9 Å². The molecule has 2 aromatic rings. The van der Waals surface area contributed by atoms with Gasteiger partial charge in [-0.3, -0.25) is 0 Å². The topological polar surface area (TPSA) is 71.5 Å². The van der Waals surface area contributed by atoms with E-state index in [0.29, 0.717) is 25.4 Å². The molecule has 1 N–H and O–H groups in total. The van der Waals surface area contributed by atoms with Gasteiger partial charge in [-0.15, -0.1) is 0 Å². The minimum absolute atomic E-state index is 0.0820. The quantitative estimate of drug-likeness (QED) is 0.178. The number of carbonyl (C=O) groups is 1. The third kappa shape index (κ3) is 10.2. The van der Waals surface area contributed by atoms with Gasteiger partial charge in [-0.2, -0.15) is 0 Å². The van der Waals surface area contributed by atoms with Gasteiger partial charge >= 0.3 is 0 Å². The summed E-state index contributed by atoms with van der Waals surface area (Å²) in [7, 11) is 7.66. The molecular formula is C34H52N2O5. The molecule has 2 fully saturated rings. The first-order valence-electron chi connectivity index (χ1n) is 15.2. The molecule has 1 heterocycles. The summed E-state index contributed by atoms with van der Waals surface area (Å²) in [6.07, 6.45) is 9.62. The van der Waals surface area contributed by atoms with E-state index in [9.17, 15) is 9.90 Å². The fourth-order valence-corrected chi connectivity index (χ4v) is 5.79. The lowest BCUT2D eigenvalue weighted by molar-refractivity contribution is -0.114. The second kappa shape index (κ2) is 17.6. The first kappa shape index (κ1) is 33.2. The number of carbonyl (C=O) groups excluding carboxylic acids is 1. The van der Waals surface area contributed by atoms with Crippen molar-refractivity contribution in [1.82, 2.24) is 9.80 Å². The molecule has 1 saturated carbocycles. The molecule has 7 heteroatoms. The summed E-state index contributed by atoms with van der Waals surface area (Å²) in [4.78, 5) is 15.0. The van der Waals surface area contributed by atoms with Gasteiger partial charge in [-0.1, -0.05) is 61.7 Å². The second-order valence-corrected chi connectivity index (χ2v) is 11.7. The van der Waals surface area contributed by atoms with Crippen LogP contribution in [0.25, 0.3) is 0 Å². The first-order valence-corrected chi connectivity index (χ1v) is 15.2. The highest BCUT2D eigenvalue weighted by Crippen LogP contribution is 2.45. The van der Waals surface area contributed by atoms with Crippen molar-refractivity contribution in [3.05, 3.63) is 65.2 Å². The van der Waals surface area contributed by atoms with Crippen molar-refractivity contribution in [2.75, 3.05) is 67.7 Å². The van der Waals surface area contributed by atoms with Crippen LogP contribution in [0.1, 0.15) is 61.6 Å². The van der Waals surface area contributed by atoms with Crippen molar-refractivity contribution < 1.29 is 24.1 Å². The maximum Gasteiger partial charge on any atom is 0.169 e. The van der Waals surface area contributed by atoms with Crippen molar-refractivity contribution in [1.29, 1.82) is 0 Å². The highest BCUT2D eigenvalue weighted by Gasteiger charge is 2.39. The highest BCUT2D eigenvalue weighted by atomic mass is 16.7. The number of aldehydes is 1. The van der Waals surface area contributed by atoms with E-state index in [1.165, 1.54) is 31.2 Å². The summed E-state index contributed by atoms with van der Waals surface area (Å²) in [5, 5.41) is 10.7. The number of likely N-dealkylation sites (N-methyl/N-ethyl adjacent to an activating group) is 1. The number of methoxy groups -OCH3 is 2. The number of phenolic OH excluding ortho intramolecular Hbond substituents is 1. The molecule has 7 nitrogen and oxygen atoms in total. The van der Waals surface area contributed by atoms with Crippen molar-refractivity contribution >= 4 is 6.29 Å². The van der Waals surface area contributed by atoms with E-state index in [1.807, 2.05) is 18.2 Å². The van der Waals surface area contributed by atoms with Crippen LogP contribution < -0.4 is 0 Å². The lowest BCUT2D eigenvalue weighted by atomic mass is 9.67. The van der Waals surface area contributed by atoms with E-state index < -0.39 is 0 Å². The van der Waals surface area contributed by atoms with Crippen LogP contribution in [0.4, 0.5) is 0 Å². The zero-order chi connectivity index (χ0) is 29.5. The molecule has 0 atom stereocenters. The standard InChI is InChI=1S/C23H29NO3.C11H23NO2/c1-24-13-11-23(12-14-24,20-6-3-2-4-7-20)21-18-19(8-9-22(21)26)10-17-27-16-5-15-25;1-12(9-11(13-2)14-3)8-7-10-5-4-6-10/h2-4,6-9,15,18,26H,5,10-14,16-17H2,1H3;10-11H,4-9H2,1-3H3. The van der Waals surface area contributed by atoms with Crippen molar-refractivity contribution in [2.24, 2.45) is 5.92 Å². The van der Waals surface area contributed by atoms with E-state index in [2.05, 4.69) is 54.2 Å². The molecule has 1 saturated heterocycles. The average Bonchev–Trinajstić information content (AvgIpc) is 2.97. The molecule has 0 amide bonds. The highest BCUT2D eigenvalue weighted by molar-refractivity contribution is 5.49. The molecule has 0 spiro atoms. The van der Waals surface area contributed by atoms with E-state index in [1.54, 1.807) is 14.2 Å². The van der Waals surface area contributed by atoms with Crippen LogP contribution in [0, 0.1) is 5.92 Å². The van der Waals surface area contributed by atoms with Crippen molar-refractivity contribution in [3.8, 4) is 5.75 Å². The number of nitrogens with zero attached hydrogens (tertiary/aromatic N) is 2. The molecule has 1 aliphatic heterocycles. The maximum absolute atomic E-state index is 10.7. The number of rotatable bonds is 15. The van der Waals surface area contributed by atoms with Crippen molar-refractivity contribution in [2.45, 2.75) is 63.1 Å². The Kier molecular flexibility index (Phi) is 14.3. The van der Waals surface area contributed by atoms with Gasteiger partial charge in [-0.05, 0) is 82.5 Å². The summed E-state index contributed by atoms with van der Waals surface area (Å²) < 4.78 is 15.8. The van der Waals surface area contributed by atoms with E-state index >= 15 is 0 Å². The Hall–Kier alpha value is -2.29. The number of piperidine rings is 1. The van der Waals surface area contributed by atoms with Gasteiger partial charge in [-0.25, -0.2) is 0 Å². The Labute approximate surface area is 247 Å². The molecule has 2 aromatic carbocycles. The van der Waals surface area contributed by atoms with Gasteiger partial charge in [0.1, 0.15) is 12.0 Å². The SMILES string of the molecule is CN1CCC(c2ccccc2)(c2cc(CCOCCC=O)ccc2O)CC1.COC(CN(C)CCC1CCC1)OC. The Morgan fingerprint density at radius 2 is 1.78 bits per heavy atom. The summed E-state index contributed by atoms with van der Waals surface area (Å²) in [5.41, 5.74) is 3.29. The molecule has 0 radical (unpaired) electrons. The van der Waals surface area contributed by atoms with E-state index in [0.717, 1.165) is 68.8 Å². The molecular weight excluding hydrogens is 516 g/mol. The largest absolute Gasteiger partial charge is 0.508 e. The Morgan fingerprint density at radius 1 is 1.07 bits per heavy atom. The third-order valence-corrected chi connectivity index (χ3v) is 8.79. The third-order valence-electron chi connectivity index (χ3n) is 8.79. The summed E-state index contributed by atoms with van der Waals surface area (Å²) in [6.45, 7) is 5.09. The number of hydrogen-bond acceptors (Lipinski definition) is 7. The summed E-state index contributed by atoms with van der Waals surface area (Å²) in [5.74, 6) is 1.36. The lowest BCUT2D eigenvalue weighted by Gasteiger charge is -2.42. The number of likely N-dealkylation sites (tertiary alicyclic amines) is 1. The van der Waals surface area contributed by atoms with Crippen LogP contribution in [0.15, 0.2) is 48.5 Å². The van der Waals surface area contributed by atoms with Crippen LogP contribution in [0.5, 0.6) is 5.75 Å². The normalized spacial score (nSPS) is 17.2. The number of aromatic hydroxyl groups is 1. The number of phenols is 1. The fraction of sp³-hybridized carbons (Fsp3) is 0.618. The van der Waals surface area contributed by atoms with Crippen LogP contribution >= 0.6 is 0 Å². The predicted octanol–water partition coefficient (Wildman–Crippen LogP) is 5.28. The van der Waals surface area contributed by atoms with Crippen LogP contribution in [-0.4, -0.2) is 95.2 Å². The fourth-order valence-electron chi connectivity index (χ4n) is 5.79. The van der Waals surface area contributed by atoms with Crippen molar-refractivity contribution in [3.63, 3.8) is 0 Å². The smallest absolute Gasteiger partial charge is 0.169 e. The van der Waals surface area contributed by atoms with Gasteiger partial charge in [0.05, 0.1) is 13.2 Å². The number of ether oxygens (including phenoxy) is 3. The maximum atomic E-state index is 10.7. The number of benzene rings is 2. The minimum Gasteiger partial charge on any atom is -0.508 e. The van der Waals surface area contributed by atoms with Gasteiger partial charge in [0.15, 0.2) is 6.29 Å². The second-order valence-electron chi connectivity index (χ2n) is 11.7. The Morgan fingerprint density at radius 3 is 2.39 bits per heavy atom. The minimum atomic E-state index is -0.160. The molecule has 228 valence electrons. The molecule has 1 aliphatic carbocycles. The average molecular weight is 569 g/mol. The monoisotopic (exact) mass is 568 g/mol. The molecule has 0 bridgehead atoms. The van der Waals surface area contributed by atoms with Crippen LogP contribution in [0.3, 0.4) is 0 Å². The summed E-state index contributed by atoms with van der Waals surface area (Å²) in [6, 6.07) is 16.5. The summed E-state index contributed by atoms with van der Waals surface area (Å²) >= 11 is 0. The molecule has 2 aliphatic rings. The Bertz CT molecular complexity index is 1000. The Balaban J connectivity index is 0.000000278. The van der Waals surface area contributed by atoms with Gasteiger partial charge in [0.2, 0.25) is 0 Å². The molecule has 41 heavy (non-hydrogen) atoms. The lowest BCUT2D eigenvalue weighted by Crippen LogP contribution is -2.41. The molecule has 4 rings (SSSR count). The molecule has 0 aromatic heterocycles. The number of hydrogen-bond donors (Lipinski definition) is 1. The van der Waals surface area contributed by atoms with Gasteiger partial charge in [0, 0.05) is 38.2 Å². The van der Waals surface area contributed by atoms with E-state index in [-0.39, 0.29) is 11.7 Å².